The molecule has 0 radical (unpaired) electrons. The molecule has 0 aliphatic carbocycles. The Labute approximate surface area is 212 Å². The van der Waals surface area contributed by atoms with Gasteiger partial charge in [-0.3, -0.25) is 19.2 Å². The normalized spacial score (nSPS) is 24.2. The SMILES string of the molecule is CC(=O)OC[C@H]1O[C@@H]([S-])[C@H](OC(C)=O)[C@H](OC(C)=O)[C@H]1OC(C)=O.CC[PH+](CC)CC.[Au+]. The van der Waals surface area contributed by atoms with E-state index in [1.807, 2.05) is 0 Å². The van der Waals surface area contributed by atoms with E-state index in [0.717, 1.165) is 20.8 Å². The van der Waals surface area contributed by atoms with E-state index in [1.54, 1.807) is 0 Å². The van der Waals surface area contributed by atoms with Crippen LogP contribution in [0.25, 0.3) is 0 Å². The number of hydrogen-bond donors (Lipinski definition) is 0. The van der Waals surface area contributed by atoms with Crippen molar-refractivity contribution in [3.8, 4) is 0 Å². The zero-order valence-electron chi connectivity index (χ0n) is 19.6. The quantitative estimate of drug-likeness (QED) is 0.124. The Morgan fingerprint density at radius 3 is 1.50 bits per heavy atom. The van der Waals surface area contributed by atoms with Crippen LogP contribution in [0, 0.1) is 0 Å². The molecule has 5 atom stereocenters. The molecule has 9 nitrogen and oxygen atoms in total. The zero-order chi connectivity index (χ0) is 24.1. The minimum absolute atomic E-state index is 0. The third-order valence-corrected chi connectivity index (χ3v) is 7.83. The van der Waals surface area contributed by atoms with E-state index in [2.05, 4.69) is 20.8 Å². The third kappa shape index (κ3) is 13.2. The first-order chi connectivity index (χ1) is 14.5. The zero-order valence-corrected chi connectivity index (χ0v) is 23.6. The molecule has 190 valence electrons. The van der Waals surface area contributed by atoms with Crippen LogP contribution in [0.3, 0.4) is 0 Å². The molecular weight excluding hydrogens is 644 g/mol. The number of rotatable bonds is 8. The monoisotopic (exact) mass is 679 g/mol. The number of carbonyl (C=O) groups is 4. The number of hydrogen-bond acceptors (Lipinski definition) is 10. The van der Waals surface area contributed by atoms with Gasteiger partial charge in [-0.2, -0.15) is 0 Å². The molecule has 0 spiro atoms. The van der Waals surface area contributed by atoms with Crippen molar-refractivity contribution in [2.24, 2.45) is 0 Å². The summed E-state index contributed by atoms with van der Waals surface area (Å²) in [6, 6.07) is 0. The van der Waals surface area contributed by atoms with Crippen LogP contribution < -0.4 is 0 Å². The maximum atomic E-state index is 11.4. The molecule has 1 rings (SSSR count). The van der Waals surface area contributed by atoms with Gasteiger partial charge in [-0.1, -0.05) is 0 Å². The fraction of sp³-hybridized carbons (Fsp3) is 0.800. The molecule has 0 amide bonds. The predicted molar refractivity (Wildman–Crippen MR) is 119 cm³/mol. The average molecular weight is 679 g/mol. The standard InChI is InChI=1S/C14H20O9S.C6H15P.Au/c1-6(15)19-5-10-11(20-7(2)16)12(21-8(3)17)13(14(24)23-10)22-9(4)18;1-4-7(5-2)6-3;/h10-14,24H,5H2,1-4H3;4-6H2,1-3H3;/q;;+1/t10-,11+,12-,13-,14+;;/m1../s1. The van der Waals surface area contributed by atoms with Crippen molar-refractivity contribution >= 4 is 44.4 Å². The van der Waals surface area contributed by atoms with Crippen molar-refractivity contribution in [3.05, 3.63) is 0 Å². The van der Waals surface area contributed by atoms with Gasteiger partial charge in [-0.25, -0.2) is 0 Å². The van der Waals surface area contributed by atoms with Crippen molar-refractivity contribution in [2.75, 3.05) is 25.1 Å². The third-order valence-electron chi connectivity index (χ3n) is 4.45. The maximum Gasteiger partial charge on any atom is 1.00 e. The van der Waals surface area contributed by atoms with Crippen molar-refractivity contribution < 1.29 is 65.2 Å². The Balaban J connectivity index is 0. The first-order valence-corrected chi connectivity index (χ1v) is 12.9. The Kier molecular flexibility index (Phi) is 18.6. The van der Waals surface area contributed by atoms with Gasteiger partial charge in [-0.05, 0) is 34.1 Å². The summed E-state index contributed by atoms with van der Waals surface area (Å²) in [5, 5.41) is 0. The molecule has 0 aromatic heterocycles. The van der Waals surface area contributed by atoms with E-state index in [1.165, 1.54) is 25.4 Å². The van der Waals surface area contributed by atoms with Gasteiger partial charge in [0.2, 0.25) is 0 Å². The Hall–Kier alpha value is -0.640. The minimum Gasteiger partial charge on any atom is -0.757 e. The first-order valence-electron chi connectivity index (χ1n) is 10.3. The van der Waals surface area contributed by atoms with Crippen LogP contribution in [0.2, 0.25) is 0 Å². The van der Waals surface area contributed by atoms with E-state index >= 15 is 0 Å². The molecule has 1 aliphatic heterocycles. The summed E-state index contributed by atoms with van der Waals surface area (Å²) in [5.74, 6) is -2.62. The number of ether oxygens (including phenoxy) is 5. The van der Waals surface area contributed by atoms with E-state index in [-0.39, 0.29) is 36.9 Å². The summed E-state index contributed by atoms with van der Waals surface area (Å²) in [6.45, 7) is 11.3. The molecule has 0 aromatic rings. The summed E-state index contributed by atoms with van der Waals surface area (Å²) < 4.78 is 25.7. The molecule has 1 heterocycles. The van der Waals surface area contributed by atoms with E-state index in [4.69, 9.17) is 36.3 Å². The second-order valence-electron chi connectivity index (χ2n) is 6.88. The maximum absolute atomic E-state index is 11.4. The summed E-state index contributed by atoms with van der Waals surface area (Å²) in [5.41, 5.74) is -1.09. The summed E-state index contributed by atoms with van der Waals surface area (Å²) >= 11 is 5.11. The molecule has 0 saturated carbocycles. The number of esters is 4. The summed E-state index contributed by atoms with van der Waals surface area (Å²) in [7, 11) is 0.137. The Morgan fingerprint density at radius 1 is 0.750 bits per heavy atom. The van der Waals surface area contributed by atoms with Crippen LogP contribution in [0.15, 0.2) is 0 Å². The van der Waals surface area contributed by atoms with E-state index < -0.39 is 53.7 Å². The van der Waals surface area contributed by atoms with E-state index in [0.29, 0.717) is 0 Å². The largest absolute Gasteiger partial charge is 1.00 e. The van der Waals surface area contributed by atoms with Crippen LogP contribution in [0.4, 0.5) is 0 Å². The summed E-state index contributed by atoms with van der Waals surface area (Å²) in [6.07, 6.45) is -0.107. The van der Waals surface area contributed by atoms with Crippen molar-refractivity contribution in [2.45, 2.75) is 78.3 Å². The van der Waals surface area contributed by atoms with E-state index in [9.17, 15) is 19.2 Å². The van der Waals surface area contributed by atoms with Gasteiger partial charge in [-0.15, -0.1) is 0 Å². The minimum atomic E-state index is -1.19. The molecule has 0 N–H and O–H groups in total. The topological polar surface area (TPSA) is 114 Å². The van der Waals surface area contributed by atoms with Gasteiger partial charge in [0, 0.05) is 27.7 Å². The summed E-state index contributed by atoms with van der Waals surface area (Å²) in [4.78, 5) is 45.0. The molecular formula is C20H35AuO9PS+. The Morgan fingerprint density at radius 2 is 1.16 bits per heavy atom. The fourth-order valence-corrected chi connectivity index (χ4v) is 4.79. The second-order valence-corrected chi connectivity index (χ2v) is 11.0. The fourth-order valence-electron chi connectivity index (χ4n) is 2.94. The van der Waals surface area contributed by atoms with Crippen LogP contribution in [0.5, 0.6) is 0 Å². The molecule has 0 bridgehead atoms. The van der Waals surface area contributed by atoms with Gasteiger partial charge >= 0.3 is 46.3 Å². The molecule has 1 fully saturated rings. The average Bonchev–Trinajstić information content (AvgIpc) is 2.66. The Bertz CT molecular complexity index is 598. The van der Waals surface area contributed by atoms with Gasteiger partial charge in [0.1, 0.15) is 18.8 Å². The van der Waals surface area contributed by atoms with Crippen LogP contribution in [-0.4, -0.2) is 78.8 Å². The van der Waals surface area contributed by atoms with Crippen molar-refractivity contribution in [1.82, 2.24) is 0 Å². The molecule has 0 unspecified atom stereocenters. The second kappa shape index (κ2) is 17.8. The van der Waals surface area contributed by atoms with Crippen molar-refractivity contribution in [1.29, 1.82) is 0 Å². The number of carbonyl (C=O) groups excluding carboxylic acids is 4. The molecule has 1 saturated heterocycles. The van der Waals surface area contributed by atoms with Gasteiger partial charge in [0.15, 0.2) is 12.2 Å². The van der Waals surface area contributed by atoms with Gasteiger partial charge in [0.25, 0.3) is 0 Å². The molecule has 12 heteroatoms. The molecule has 0 aromatic carbocycles. The predicted octanol–water partition coefficient (Wildman–Crippen LogP) is 1.87. The van der Waals surface area contributed by atoms with Gasteiger partial charge in [0.05, 0.1) is 18.5 Å². The van der Waals surface area contributed by atoms with Crippen LogP contribution in [-0.2, 0) is 77.9 Å². The molecule has 32 heavy (non-hydrogen) atoms. The van der Waals surface area contributed by atoms with Gasteiger partial charge < -0.3 is 36.3 Å². The van der Waals surface area contributed by atoms with Crippen LogP contribution >= 0.6 is 7.92 Å². The molecule has 1 aliphatic rings. The van der Waals surface area contributed by atoms with Crippen molar-refractivity contribution in [3.63, 3.8) is 0 Å². The first kappa shape index (κ1) is 33.5. The van der Waals surface area contributed by atoms with Crippen LogP contribution in [0.1, 0.15) is 48.5 Å². The smallest absolute Gasteiger partial charge is 0.757 e.